The summed E-state index contributed by atoms with van der Waals surface area (Å²) in [5, 5.41) is 2.59. The Morgan fingerprint density at radius 3 is 2.67 bits per heavy atom. The molecular formula is C10H20N2O3. The number of amides is 1. The van der Waals surface area contributed by atoms with Crippen molar-refractivity contribution in [3.63, 3.8) is 0 Å². The van der Waals surface area contributed by atoms with Crippen molar-refractivity contribution in [2.45, 2.75) is 38.6 Å². The number of methoxy groups -OCH3 is 1. The van der Waals surface area contributed by atoms with Gasteiger partial charge in [-0.3, -0.25) is 9.59 Å². The van der Waals surface area contributed by atoms with E-state index in [1.807, 2.05) is 6.92 Å². The summed E-state index contributed by atoms with van der Waals surface area (Å²) in [6.45, 7) is 2.33. The van der Waals surface area contributed by atoms with Gasteiger partial charge in [-0.2, -0.15) is 0 Å². The molecule has 1 amide bonds. The lowest BCUT2D eigenvalue weighted by Crippen LogP contribution is -2.41. The summed E-state index contributed by atoms with van der Waals surface area (Å²) in [4.78, 5) is 22.1. The van der Waals surface area contributed by atoms with E-state index >= 15 is 0 Å². The van der Waals surface area contributed by atoms with Crippen molar-refractivity contribution >= 4 is 11.9 Å². The summed E-state index contributed by atoms with van der Waals surface area (Å²) in [6, 6.07) is -0.470. The SMILES string of the molecule is CCCCC(N)C(=O)NCCC(=O)OC. The molecular weight excluding hydrogens is 196 g/mol. The van der Waals surface area contributed by atoms with Gasteiger partial charge in [0.05, 0.1) is 19.6 Å². The van der Waals surface area contributed by atoms with Gasteiger partial charge in [-0.05, 0) is 6.42 Å². The molecule has 0 aliphatic carbocycles. The van der Waals surface area contributed by atoms with E-state index in [1.165, 1.54) is 7.11 Å². The maximum absolute atomic E-state index is 11.3. The van der Waals surface area contributed by atoms with Crippen molar-refractivity contribution < 1.29 is 14.3 Å². The van der Waals surface area contributed by atoms with Crippen molar-refractivity contribution in [2.24, 2.45) is 5.73 Å². The van der Waals surface area contributed by atoms with Crippen LogP contribution in [-0.4, -0.2) is 31.6 Å². The summed E-state index contributed by atoms with van der Waals surface area (Å²) in [5.41, 5.74) is 5.62. The number of esters is 1. The molecule has 0 aromatic rings. The third kappa shape index (κ3) is 6.90. The number of carbonyl (C=O) groups is 2. The van der Waals surface area contributed by atoms with Gasteiger partial charge in [0.25, 0.3) is 0 Å². The molecule has 0 aliphatic rings. The quantitative estimate of drug-likeness (QED) is 0.595. The van der Waals surface area contributed by atoms with Gasteiger partial charge in [0.2, 0.25) is 5.91 Å². The van der Waals surface area contributed by atoms with Crippen LogP contribution in [0.3, 0.4) is 0 Å². The zero-order valence-electron chi connectivity index (χ0n) is 9.41. The average molecular weight is 216 g/mol. The summed E-state index contributed by atoms with van der Waals surface area (Å²) in [5.74, 6) is -0.537. The zero-order chi connectivity index (χ0) is 11.7. The largest absolute Gasteiger partial charge is 0.469 e. The van der Waals surface area contributed by atoms with Crippen molar-refractivity contribution in [3.05, 3.63) is 0 Å². The second-order valence-corrected chi connectivity index (χ2v) is 3.37. The molecule has 0 heterocycles. The molecule has 0 rings (SSSR count). The second kappa shape index (κ2) is 8.23. The van der Waals surface area contributed by atoms with Gasteiger partial charge in [-0.1, -0.05) is 19.8 Å². The molecule has 0 aromatic heterocycles. The Morgan fingerprint density at radius 1 is 1.47 bits per heavy atom. The van der Waals surface area contributed by atoms with E-state index in [0.717, 1.165) is 12.8 Å². The van der Waals surface area contributed by atoms with E-state index in [9.17, 15) is 9.59 Å². The molecule has 15 heavy (non-hydrogen) atoms. The maximum atomic E-state index is 11.3. The first-order chi connectivity index (χ1) is 7.11. The van der Waals surface area contributed by atoms with Crippen molar-refractivity contribution in [1.29, 1.82) is 0 Å². The lowest BCUT2D eigenvalue weighted by Gasteiger charge is -2.10. The predicted molar refractivity (Wildman–Crippen MR) is 57.1 cm³/mol. The summed E-state index contributed by atoms with van der Waals surface area (Å²) < 4.78 is 4.44. The number of unbranched alkanes of at least 4 members (excludes halogenated alkanes) is 1. The lowest BCUT2D eigenvalue weighted by atomic mass is 10.1. The smallest absolute Gasteiger partial charge is 0.307 e. The number of rotatable bonds is 7. The Morgan fingerprint density at radius 2 is 2.13 bits per heavy atom. The highest BCUT2D eigenvalue weighted by Gasteiger charge is 2.12. The first-order valence-corrected chi connectivity index (χ1v) is 5.22. The molecule has 0 aromatic carbocycles. The fraction of sp³-hybridized carbons (Fsp3) is 0.800. The molecule has 1 unspecified atom stereocenters. The molecule has 5 heteroatoms. The van der Waals surface area contributed by atoms with Crippen LogP contribution in [-0.2, 0) is 14.3 Å². The van der Waals surface area contributed by atoms with E-state index in [-0.39, 0.29) is 24.8 Å². The van der Waals surface area contributed by atoms with Crippen molar-refractivity contribution in [3.8, 4) is 0 Å². The van der Waals surface area contributed by atoms with E-state index in [0.29, 0.717) is 6.42 Å². The Labute approximate surface area is 90.4 Å². The van der Waals surface area contributed by atoms with Gasteiger partial charge in [-0.25, -0.2) is 0 Å². The molecule has 5 nitrogen and oxygen atoms in total. The van der Waals surface area contributed by atoms with E-state index < -0.39 is 6.04 Å². The fourth-order valence-electron chi connectivity index (χ4n) is 1.08. The van der Waals surface area contributed by atoms with Crippen LogP contribution < -0.4 is 11.1 Å². The summed E-state index contributed by atoms with van der Waals surface area (Å²) >= 11 is 0. The highest BCUT2D eigenvalue weighted by Crippen LogP contribution is 1.97. The van der Waals surface area contributed by atoms with Crippen LogP contribution in [0.15, 0.2) is 0 Å². The van der Waals surface area contributed by atoms with Gasteiger partial charge < -0.3 is 15.8 Å². The third-order valence-corrected chi connectivity index (χ3v) is 2.06. The summed E-state index contributed by atoms with van der Waals surface area (Å²) in [7, 11) is 1.32. The molecule has 0 saturated heterocycles. The molecule has 0 spiro atoms. The van der Waals surface area contributed by atoms with Crippen LogP contribution >= 0.6 is 0 Å². The topological polar surface area (TPSA) is 81.4 Å². The van der Waals surface area contributed by atoms with E-state index in [4.69, 9.17) is 5.73 Å². The van der Waals surface area contributed by atoms with Crippen LogP contribution in [0.5, 0.6) is 0 Å². The molecule has 3 N–H and O–H groups in total. The predicted octanol–water partition coefficient (Wildman–Crippen LogP) is 0.183. The molecule has 88 valence electrons. The molecule has 0 radical (unpaired) electrons. The number of hydrogen-bond acceptors (Lipinski definition) is 4. The van der Waals surface area contributed by atoms with Crippen molar-refractivity contribution in [2.75, 3.05) is 13.7 Å². The van der Waals surface area contributed by atoms with Crippen LogP contribution in [0.1, 0.15) is 32.6 Å². The number of nitrogens with two attached hydrogens (primary N) is 1. The first-order valence-electron chi connectivity index (χ1n) is 5.22. The standard InChI is InChI=1S/C10H20N2O3/c1-3-4-5-8(11)10(14)12-7-6-9(13)15-2/h8H,3-7,11H2,1-2H3,(H,12,14). The monoisotopic (exact) mass is 216 g/mol. The Hall–Kier alpha value is -1.10. The average Bonchev–Trinajstić information content (AvgIpc) is 2.25. The second-order valence-electron chi connectivity index (χ2n) is 3.37. The van der Waals surface area contributed by atoms with Crippen molar-refractivity contribution in [1.82, 2.24) is 5.32 Å². The van der Waals surface area contributed by atoms with Crippen LogP contribution in [0.4, 0.5) is 0 Å². The Kier molecular flexibility index (Phi) is 7.62. The Balaban J connectivity index is 3.59. The molecule has 0 aliphatic heterocycles. The minimum absolute atomic E-state index is 0.183. The van der Waals surface area contributed by atoms with Crippen LogP contribution in [0, 0.1) is 0 Å². The minimum atomic E-state index is -0.470. The van der Waals surface area contributed by atoms with Gasteiger partial charge in [0, 0.05) is 6.54 Å². The highest BCUT2D eigenvalue weighted by molar-refractivity contribution is 5.81. The molecule has 1 atom stereocenters. The first kappa shape index (κ1) is 13.9. The number of nitrogens with one attached hydrogen (secondary N) is 1. The van der Waals surface area contributed by atoms with Gasteiger partial charge >= 0.3 is 5.97 Å². The lowest BCUT2D eigenvalue weighted by molar-refractivity contribution is -0.140. The number of ether oxygens (including phenoxy) is 1. The maximum Gasteiger partial charge on any atom is 0.307 e. The number of carbonyl (C=O) groups excluding carboxylic acids is 2. The van der Waals surface area contributed by atoms with Gasteiger partial charge in [-0.15, -0.1) is 0 Å². The van der Waals surface area contributed by atoms with E-state index in [1.54, 1.807) is 0 Å². The molecule has 0 saturated carbocycles. The third-order valence-electron chi connectivity index (χ3n) is 2.06. The highest BCUT2D eigenvalue weighted by atomic mass is 16.5. The van der Waals surface area contributed by atoms with Crippen LogP contribution in [0.2, 0.25) is 0 Å². The van der Waals surface area contributed by atoms with Crippen LogP contribution in [0.25, 0.3) is 0 Å². The Bertz CT molecular complexity index is 207. The van der Waals surface area contributed by atoms with E-state index in [2.05, 4.69) is 10.1 Å². The molecule has 0 bridgehead atoms. The summed E-state index contributed by atoms with van der Waals surface area (Å²) in [6.07, 6.45) is 2.82. The normalized spacial score (nSPS) is 11.9. The van der Waals surface area contributed by atoms with Gasteiger partial charge in [0.15, 0.2) is 0 Å². The fourth-order valence-corrected chi connectivity index (χ4v) is 1.08. The minimum Gasteiger partial charge on any atom is -0.469 e. The molecule has 0 fully saturated rings. The van der Waals surface area contributed by atoms with Gasteiger partial charge in [0.1, 0.15) is 0 Å². The number of hydrogen-bond donors (Lipinski definition) is 2. The zero-order valence-corrected chi connectivity index (χ0v) is 9.41.